The Kier molecular flexibility index (Phi) is 12.2. The van der Waals surface area contributed by atoms with Gasteiger partial charge in [0.2, 0.25) is 5.91 Å². The molecule has 0 spiro atoms. The number of esters is 1. The van der Waals surface area contributed by atoms with Crippen molar-refractivity contribution in [2.75, 3.05) is 20.3 Å². The number of amides is 2. The molecule has 0 radical (unpaired) electrons. The maximum absolute atomic E-state index is 13.3. The zero-order valence-electron chi connectivity index (χ0n) is 20.0. The summed E-state index contributed by atoms with van der Waals surface area (Å²) in [5, 5.41) is 24.0. The van der Waals surface area contributed by atoms with Crippen LogP contribution in [0.1, 0.15) is 63.4 Å². The molecule has 0 heterocycles. The van der Waals surface area contributed by atoms with Crippen LogP contribution in [0, 0.1) is 5.92 Å². The van der Waals surface area contributed by atoms with Crippen LogP contribution in [0.2, 0.25) is 0 Å². The molecule has 9 nitrogen and oxygen atoms in total. The molecule has 2 atom stereocenters. The number of aromatic hydroxyl groups is 1. The number of ether oxygens (including phenoxy) is 2. The summed E-state index contributed by atoms with van der Waals surface area (Å²) in [5.41, 5.74) is 0.665. The highest BCUT2D eigenvalue weighted by Crippen LogP contribution is 2.27. The summed E-state index contributed by atoms with van der Waals surface area (Å²) in [7, 11) is 1.25. The van der Waals surface area contributed by atoms with Gasteiger partial charge in [0.05, 0.1) is 13.7 Å². The lowest BCUT2D eigenvalue weighted by molar-refractivity contribution is -0.145. The van der Waals surface area contributed by atoms with Crippen molar-refractivity contribution < 1.29 is 34.1 Å². The van der Waals surface area contributed by atoms with E-state index in [0.29, 0.717) is 12.0 Å². The topological polar surface area (TPSA) is 134 Å². The molecule has 1 aliphatic rings. The number of hydrogen-bond donors (Lipinski definition) is 4. The van der Waals surface area contributed by atoms with Gasteiger partial charge >= 0.3 is 12.1 Å². The molecule has 190 valence electrons. The first kappa shape index (κ1) is 27.4. The van der Waals surface area contributed by atoms with Crippen LogP contribution in [-0.2, 0) is 25.5 Å². The molecule has 0 aromatic heterocycles. The Labute approximate surface area is 201 Å². The van der Waals surface area contributed by atoms with Crippen LogP contribution >= 0.6 is 0 Å². The minimum absolute atomic E-state index is 0.0510. The molecule has 0 bridgehead atoms. The minimum atomic E-state index is -0.963. The number of unbranched alkanes of at least 4 members (excludes halogenated alkanes) is 3. The number of methoxy groups -OCH3 is 1. The minimum Gasteiger partial charge on any atom is -0.508 e. The average molecular weight is 479 g/mol. The third-order valence-electron chi connectivity index (χ3n) is 6.12. The van der Waals surface area contributed by atoms with E-state index in [1.807, 2.05) is 0 Å². The second-order valence-electron chi connectivity index (χ2n) is 8.75. The Morgan fingerprint density at radius 2 is 1.79 bits per heavy atom. The molecule has 4 N–H and O–H groups in total. The van der Waals surface area contributed by atoms with Gasteiger partial charge in [0, 0.05) is 13.0 Å². The summed E-state index contributed by atoms with van der Waals surface area (Å²) in [5.74, 6) is -1.05. The van der Waals surface area contributed by atoms with E-state index < -0.39 is 30.1 Å². The standard InChI is InChI=1S/C25H38N2O7/c1-33-24(31)21(17-18-10-9-13-20(29)16-18)26-23(30)22(19-11-5-4-6-12-19)27-25(32)34-15-8-3-2-7-14-28/h9-10,13,16,19,21-22,28-29H,2-8,11-12,14-15,17H2,1H3,(H,26,30)(H,27,32). The van der Waals surface area contributed by atoms with Gasteiger partial charge in [-0.3, -0.25) is 4.79 Å². The largest absolute Gasteiger partial charge is 0.508 e. The van der Waals surface area contributed by atoms with Crippen molar-refractivity contribution in [2.45, 2.75) is 76.3 Å². The quantitative estimate of drug-likeness (QED) is 0.253. The van der Waals surface area contributed by atoms with E-state index >= 15 is 0 Å². The van der Waals surface area contributed by atoms with E-state index in [9.17, 15) is 19.5 Å². The Hall–Kier alpha value is -2.81. The van der Waals surface area contributed by atoms with Crippen LogP contribution in [-0.4, -0.2) is 60.6 Å². The highest BCUT2D eigenvalue weighted by Gasteiger charge is 2.34. The first-order valence-electron chi connectivity index (χ1n) is 12.1. The number of carbonyl (C=O) groups excluding carboxylic acids is 3. The molecule has 0 aliphatic heterocycles. The third-order valence-corrected chi connectivity index (χ3v) is 6.12. The van der Waals surface area contributed by atoms with E-state index in [-0.39, 0.29) is 31.3 Å². The normalized spacial score (nSPS) is 15.7. The van der Waals surface area contributed by atoms with Crippen LogP contribution in [0.4, 0.5) is 4.79 Å². The molecule has 1 fully saturated rings. The number of hydrogen-bond acceptors (Lipinski definition) is 7. The molecule has 0 saturated heterocycles. The van der Waals surface area contributed by atoms with Gasteiger partial charge in [0.15, 0.2) is 0 Å². The van der Waals surface area contributed by atoms with E-state index in [4.69, 9.17) is 14.6 Å². The third kappa shape index (κ3) is 9.59. The Balaban J connectivity index is 2.02. The number of nitrogens with one attached hydrogen (secondary N) is 2. The van der Waals surface area contributed by atoms with Crippen molar-refractivity contribution in [1.82, 2.24) is 10.6 Å². The van der Waals surface area contributed by atoms with Crippen molar-refractivity contribution in [1.29, 1.82) is 0 Å². The molecule has 9 heteroatoms. The number of phenolic OH excluding ortho intramolecular Hbond substituents is 1. The number of phenols is 1. The first-order valence-corrected chi connectivity index (χ1v) is 12.1. The Morgan fingerprint density at radius 1 is 1.06 bits per heavy atom. The van der Waals surface area contributed by atoms with E-state index in [2.05, 4.69) is 10.6 Å². The predicted molar refractivity (Wildman–Crippen MR) is 126 cm³/mol. The smallest absolute Gasteiger partial charge is 0.407 e. The van der Waals surface area contributed by atoms with Crippen molar-refractivity contribution in [2.24, 2.45) is 5.92 Å². The summed E-state index contributed by atoms with van der Waals surface area (Å²) >= 11 is 0. The molecule has 1 aromatic rings. The zero-order valence-corrected chi connectivity index (χ0v) is 20.0. The first-order chi connectivity index (χ1) is 16.4. The lowest BCUT2D eigenvalue weighted by Gasteiger charge is -2.30. The zero-order chi connectivity index (χ0) is 24.8. The molecule has 2 rings (SSSR count). The van der Waals surface area contributed by atoms with Gasteiger partial charge < -0.3 is 30.3 Å². The van der Waals surface area contributed by atoms with Gasteiger partial charge in [0.1, 0.15) is 17.8 Å². The summed E-state index contributed by atoms with van der Waals surface area (Å²) in [6.07, 6.45) is 7.23. The Morgan fingerprint density at radius 3 is 2.47 bits per heavy atom. The number of alkyl carbamates (subject to hydrolysis) is 1. The fourth-order valence-electron chi connectivity index (χ4n) is 4.28. The highest BCUT2D eigenvalue weighted by atomic mass is 16.5. The number of rotatable bonds is 13. The molecular formula is C25H38N2O7. The van der Waals surface area contributed by atoms with Gasteiger partial charge in [-0.15, -0.1) is 0 Å². The van der Waals surface area contributed by atoms with E-state index in [0.717, 1.165) is 51.4 Å². The molecule has 1 aromatic carbocycles. The molecule has 2 unspecified atom stereocenters. The predicted octanol–water partition coefficient (Wildman–Crippen LogP) is 2.82. The molecule has 34 heavy (non-hydrogen) atoms. The van der Waals surface area contributed by atoms with E-state index in [1.54, 1.807) is 12.1 Å². The average Bonchev–Trinajstić information content (AvgIpc) is 2.84. The van der Waals surface area contributed by atoms with E-state index in [1.165, 1.54) is 19.2 Å². The van der Waals surface area contributed by atoms with Crippen molar-refractivity contribution >= 4 is 18.0 Å². The van der Waals surface area contributed by atoms with Gasteiger partial charge in [-0.25, -0.2) is 9.59 Å². The molecule has 1 aliphatic carbocycles. The monoisotopic (exact) mass is 478 g/mol. The number of aliphatic hydroxyl groups is 1. The van der Waals surface area contributed by atoms with Crippen molar-refractivity contribution in [3.05, 3.63) is 29.8 Å². The highest BCUT2D eigenvalue weighted by molar-refractivity contribution is 5.90. The van der Waals surface area contributed by atoms with Crippen LogP contribution in [0.25, 0.3) is 0 Å². The second kappa shape index (κ2) is 15.2. The second-order valence-corrected chi connectivity index (χ2v) is 8.75. The summed E-state index contributed by atoms with van der Waals surface area (Å²) in [6.45, 7) is 0.385. The van der Waals surface area contributed by atoms with Crippen LogP contribution in [0.15, 0.2) is 24.3 Å². The number of carbonyl (C=O) groups is 3. The Bertz CT molecular complexity index is 780. The molecule has 2 amide bonds. The number of aliphatic hydroxyl groups excluding tert-OH is 1. The van der Waals surface area contributed by atoms with Gasteiger partial charge in [-0.1, -0.05) is 37.8 Å². The van der Waals surface area contributed by atoms with Gasteiger partial charge in [-0.05, 0) is 55.7 Å². The van der Waals surface area contributed by atoms with Crippen molar-refractivity contribution in [3.63, 3.8) is 0 Å². The summed E-state index contributed by atoms with van der Waals surface area (Å²) in [4.78, 5) is 38.1. The van der Waals surface area contributed by atoms with Crippen LogP contribution < -0.4 is 10.6 Å². The molecular weight excluding hydrogens is 440 g/mol. The summed E-state index contributed by atoms with van der Waals surface area (Å²) in [6, 6.07) is 4.67. The number of benzene rings is 1. The lowest BCUT2D eigenvalue weighted by Crippen LogP contribution is -2.55. The fourth-order valence-corrected chi connectivity index (χ4v) is 4.28. The van der Waals surface area contributed by atoms with Crippen molar-refractivity contribution in [3.8, 4) is 5.75 Å². The maximum Gasteiger partial charge on any atom is 0.407 e. The fraction of sp³-hybridized carbons (Fsp3) is 0.640. The lowest BCUT2D eigenvalue weighted by atomic mass is 9.83. The van der Waals surface area contributed by atoms with Gasteiger partial charge in [0.25, 0.3) is 0 Å². The molecule has 1 saturated carbocycles. The van der Waals surface area contributed by atoms with Gasteiger partial charge in [-0.2, -0.15) is 0 Å². The van der Waals surface area contributed by atoms with Crippen LogP contribution in [0.3, 0.4) is 0 Å². The SMILES string of the molecule is COC(=O)C(Cc1cccc(O)c1)NC(=O)C(NC(=O)OCCCCCCO)C1CCCCC1. The maximum atomic E-state index is 13.3. The van der Waals surface area contributed by atoms with Crippen LogP contribution in [0.5, 0.6) is 5.75 Å². The summed E-state index contributed by atoms with van der Waals surface area (Å²) < 4.78 is 10.1.